The zero-order chi connectivity index (χ0) is 24.5. The maximum Gasteiger partial charge on any atom is 0.259 e. The molecule has 34 heavy (non-hydrogen) atoms. The summed E-state index contributed by atoms with van der Waals surface area (Å²) < 4.78 is 42.6. The number of fused-ring (bicyclic) bond motifs is 2. The van der Waals surface area contributed by atoms with E-state index in [1.807, 2.05) is 18.2 Å². The van der Waals surface area contributed by atoms with E-state index in [0.29, 0.717) is 30.1 Å². The van der Waals surface area contributed by atoms with Gasteiger partial charge in [-0.25, -0.2) is 12.8 Å². The standard InChI is InChI=1S/C24H21FN2O5S2/c1-32-12-11-27-19-9-8-16(14-21(19)33-20-6-4-3-5-17(20)24(27)29)26-23(28)15-7-10-22(18(25)13-15)34(2,30)31/h3-10,13-14H,11-12H2,1-2H3,(H,26,28). The van der Waals surface area contributed by atoms with Crippen LogP contribution in [0.25, 0.3) is 0 Å². The number of carbonyl (C=O) groups excluding carboxylic acids is 2. The van der Waals surface area contributed by atoms with E-state index in [0.717, 1.165) is 28.2 Å². The van der Waals surface area contributed by atoms with Crippen molar-refractivity contribution >= 4 is 44.8 Å². The average Bonchev–Trinajstić information content (AvgIpc) is 2.90. The van der Waals surface area contributed by atoms with Crippen LogP contribution < -0.4 is 10.2 Å². The summed E-state index contributed by atoms with van der Waals surface area (Å²) in [7, 11) is -2.17. The minimum absolute atomic E-state index is 0.0188. The van der Waals surface area contributed by atoms with E-state index >= 15 is 0 Å². The van der Waals surface area contributed by atoms with Crippen LogP contribution in [0.5, 0.6) is 0 Å². The van der Waals surface area contributed by atoms with Crippen LogP contribution in [0.2, 0.25) is 0 Å². The lowest BCUT2D eigenvalue weighted by atomic mass is 10.1. The van der Waals surface area contributed by atoms with E-state index in [1.54, 1.807) is 36.3 Å². The van der Waals surface area contributed by atoms with E-state index in [1.165, 1.54) is 17.8 Å². The molecule has 0 atom stereocenters. The fourth-order valence-electron chi connectivity index (χ4n) is 3.55. The summed E-state index contributed by atoms with van der Waals surface area (Å²) >= 11 is 1.41. The van der Waals surface area contributed by atoms with Crippen LogP contribution in [0.4, 0.5) is 15.8 Å². The number of hydrogen-bond donors (Lipinski definition) is 1. The number of ether oxygens (including phenoxy) is 1. The van der Waals surface area contributed by atoms with Crippen molar-refractivity contribution in [3.63, 3.8) is 0 Å². The highest BCUT2D eigenvalue weighted by molar-refractivity contribution is 7.99. The SMILES string of the molecule is COCCN1C(=O)c2ccccc2Sc2cc(NC(=O)c3ccc(S(C)(=O)=O)c(F)c3)ccc21. The van der Waals surface area contributed by atoms with Crippen molar-refractivity contribution in [3.05, 3.63) is 77.6 Å². The predicted octanol–water partition coefficient (Wildman–Crippen LogP) is 4.24. The third-order valence-corrected chi connectivity index (χ3v) is 7.46. The molecule has 0 saturated heterocycles. The lowest BCUT2D eigenvalue weighted by molar-refractivity contribution is 0.0972. The molecule has 176 valence electrons. The number of halogens is 1. The Morgan fingerprint density at radius 2 is 1.85 bits per heavy atom. The van der Waals surface area contributed by atoms with Crippen molar-refractivity contribution in [2.45, 2.75) is 14.7 Å². The number of sulfone groups is 1. The van der Waals surface area contributed by atoms with Gasteiger partial charge in [0.05, 0.1) is 17.9 Å². The van der Waals surface area contributed by atoms with Gasteiger partial charge in [-0.2, -0.15) is 0 Å². The lowest BCUT2D eigenvalue weighted by Gasteiger charge is -2.23. The molecule has 3 aromatic rings. The lowest BCUT2D eigenvalue weighted by Crippen LogP contribution is -2.33. The molecule has 0 saturated carbocycles. The van der Waals surface area contributed by atoms with Crippen molar-refractivity contribution in [1.29, 1.82) is 0 Å². The number of nitrogens with one attached hydrogen (secondary N) is 1. The van der Waals surface area contributed by atoms with Gasteiger partial charge in [-0.15, -0.1) is 0 Å². The number of nitrogens with zero attached hydrogens (tertiary/aromatic N) is 1. The second-order valence-electron chi connectivity index (χ2n) is 7.60. The first-order valence-corrected chi connectivity index (χ1v) is 12.9. The molecule has 1 aliphatic heterocycles. The summed E-state index contributed by atoms with van der Waals surface area (Å²) in [5.74, 6) is -1.72. The highest BCUT2D eigenvalue weighted by Crippen LogP contribution is 2.42. The Bertz CT molecular complexity index is 1390. The summed E-state index contributed by atoms with van der Waals surface area (Å²) in [6.07, 6.45) is 0.900. The second-order valence-corrected chi connectivity index (χ2v) is 10.7. The maximum absolute atomic E-state index is 14.2. The number of anilines is 2. The molecular formula is C24H21FN2O5S2. The van der Waals surface area contributed by atoms with Crippen molar-refractivity contribution in [2.24, 2.45) is 0 Å². The van der Waals surface area contributed by atoms with Crippen molar-refractivity contribution in [2.75, 3.05) is 36.7 Å². The summed E-state index contributed by atoms with van der Waals surface area (Å²) in [6, 6.07) is 15.7. The summed E-state index contributed by atoms with van der Waals surface area (Å²) in [5, 5.41) is 2.71. The van der Waals surface area contributed by atoms with Gasteiger partial charge in [0.25, 0.3) is 11.8 Å². The predicted molar refractivity (Wildman–Crippen MR) is 128 cm³/mol. The molecular weight excluding hydrogens is 479 g/mol. The van der Waals surface area contributed by atoms with Crippen LogP contribution in [-0.4, -0.2) is 46.7 Å². The minimum atomic E-state index is -3.74. The van der Waals surface area contributed by atoms with Crippen LogP contribution in [0.3, 0.4) is 0 Å². The normalized spacial score (nSPS) is 13.1. The Kier molecular flexibility index (Phi) is 6.74. The second kappa shape index (κ2) is 9.57. The molecule has 0 bridgehead atoms. The zero-order valence-corrected chi connectivity index (χ0v) is 20.0. The molecule has 4 rings (SSSR count). The molecule has 0 unspecified atom stereocenters. The molecule has 7 nitrogen and oxygen atoms in total. The Hall–Kier alpha value is -3.21. The van der Waals surface area contributed by atoms with Crippen molar-refractivity contribution in [3.8, 4) is 0 Å². The van der Waals surface area contributed by atoms with Gasteiger partial charge in [-0.05, 0) is 48.5 Å². The molecule has 3 aromatic carbocycles. The molecule has 10 heteroatoms. The van der Waals surface area contributed by atoms with Crippen molar-refractivity contribution < 1.29 is 27.1 Å². The van der Waals surface area contributed by atoms with Gasteiger partial charge in [0, 0.05) is 41.0 Å². The third kappa shape index (κ3) is 4.84. The van der Waals surface area contributed by atoms with Gasteiger partial charge in [0.1, 0.15) is 10.7 Å². The van der Waals surface area contributed by atoms with Crippen molar-refractivity contribution in [1.82, 2.24) is 0 Å². The van der Waals surface area contributed by atoms with Gasteiger partial charge in [0.2, 0.25) is 0 Å². The minimum Gasteiger partial charge on any atom is -0.383 e. The van der Waals surface area contributed by atoms with E-state index in [-0.39, 0.29) is 11.5 Å². The van der Waals surface area contributed by atoms with E-state index in [9.17, 15) is 22.4 Å². The first kappa shape index (κ1) is 23.9. The monoisotopic (exact) mass is 500 g/mol. The first-order valence-electron chi connectivity index (χ1n) is 10.2. The number of carbonyl (C=O) groups is 2. The molecule has 0 radical (unpaired) electrons. The smallest absolute Gasteiger partial charge is 0.259 e. The van der Waals surface area contributed by atoms with Gasteiger partial charge < -0.3 is 15.0 Å². The number of benzene rings is 3. The summed E-state index contributed by atoms with van der Waals surface area (Å²) in [4.78, 5) is 28.6. The summed E-state index contributed by atoms with van der Waals surface area (Å²) in [5.41, 5.74) is 1.69. The molecule has 1 aliphatic rings. The average molecular weight is 501 g/mol. The Labute approximate surface area is 200 Å². The fraction of sp³-hybridized carbons (Fsp3) is 0.167. The van der Waals surface area contributed by atoms with Gasteiger partial charge in [-0.1, -0.05) is 23.9 Å². The van der Waals surface area contributed by atoms with Crippen LogP contribution >= 0.6 is 11.8 Å². The summed E-state index contributed by atoms with van der Waals surface area (Å²) in [6.45, 7) is 0.709. The largest absolute Gasteiger partial charge is 0.383 e. The van der Waals surface area contributed by atoms with Crippen LogP contribution in [0.15, 0.2) is 75.4 Å². The Balaban J connectivity index is 1.66. The molecule has 1 N–H and O–H groups in total. The zero-order valence-electron chi connectivity index (χ0n) is 18.4. The molecule has 1 heterocycles. The quantitative estimate of drug-likeness (QED) is 0.544. The highest BCUT2D eigenvalue weighted by Gasteiger charge is 2.27. The molecule has 2 amide bonds. The Morgan fingerprint density at radius 3 is 2.56 bits per heavy atom. The molecule has 0 fully saturated rings. The van der Waals surface area contributed by atoms with Crippen LogP contribution in [0.1, 0.15) is 20.7 Å². The van der Waals surface area contributed by atoms with Gasteiger partial charge >= 0.3 is 0 Å². The fourth-order valence-corrected chi connectivity index (χ4v) is 5.40. The highest BCUT2D eigenvalue weighted by atomic mass is 32.2. The topological polar surface area (TPSA) is 92.8 Å². The van der Waals surface area contributed by atoms with Gasteiger partial charge in [0.15, 0.2) is 9.84 Å². The van der Waals surface area contributed by atoms with Crippen LogP contribution in [-0.2, 0) is 14.6 Å². The molecule has 0 aromatic heterocycles. The van der Waals surface area contributed by atoms with Crippen LogP contribution in [0, 0.1) is 5.82 Å². The van der Waals surface area contributed by atoms with E-state index < -0.39 is 26.5 Å². The van der Waals surface area contributed by atoms with E-state index in [2.05, 4.69) is 5.32 Å². The molecule has 0 aliphatic carbocycles. The third-order valence-electron chi connectivity index (χ3n) is 5.20. The van der Waals surface area contributed by atoms with Gasteiger partial charge in [-0.3, -0.25) is 9.59 Å². The number of rotatable bonds is 6. The van der Waals surface area contributed by atoms with E-state index in [4.69, 9.17) is 4.74 Å². The Morgan fingerprint density at radius 1 is 1.09 bits per heavy atom. The number of hydrogen-bond acceptors (Lipinski definition) is 6. The molecule has 0 spiro atoms. The first-order chi connectivity index (χ1) is 16.2. The number of amides is 2. The maximum atomic E-state index is 14.2. The number of methoxy groups -OCH3 is 1.